The molecule has 5 rings (SSSR count). The van der Waals surface area contributed by atoms with E-state index in [9.17, 15) is 21.7 Å². The zero-order valence-corrected chi connectivity index (χ0v) is 24.9. The summed E-state index contributed by atoms with van der Waals surface area (Å²) in [5, 5.41) is 1.74. The van der Waals surface area contributed by atoms with Crippen LogP contribution < -0.4 is 15.2 Å². The van der Waals surface area contributed by atoms with Crippen LogP contribution in [0.5, 0.6) is 11.5 Å². The maximum absolute atomic E-state index is 12.3. The largest absolute Gasteiger partial charge is 0.456 e. The standard InChI is InChI=1S/C31H36O6S2/c1-18(2)29-25-10-23-19(12-30(3,4)14-21(23)16-38(7,32)33)8-27(25)37-28-9-20-13-31(5,6)15-22(17-39(34,35)36)24(20)11-26(28)29/h8-11,13-15,18H,7,12,16-17H2,1-6H3,(H,32,33)(H,34,35,36). The third kappa shape index (κ3) is 5.66. The Morgan fingerprint density at radius 3 is 2.15 bits per heavy atom. The lowest BCUT2D eigenvalue weighted by Crippen LogP contribution is -2.29. The highest BCUT2D eigenvalue weighted by molar-refractivity contribution is 7.95. The Bertz CT molecular complexity index is 1820. The van der Waals surface area contributed by atoms with Crippen molar-refractivity contribution in [2.75, 3.05) is 11.5 Å². The molecule has 2 aromatic rings. The van der Waals surface area contributed by atoms with E-state index in [1.54, 1.807) is 0 Å². The van der Waals surface area contributed by atoms with Gasteiger partial charge in [-0.15, -0.1) is 0 Å². The fraction of sp³-hybridized carbons (Fsp3) is 0.387. The highest BCUT2D eigenvalue weighted by Crippen LogP contribution is 2.44. The summed E-state index contributed by atoms with van der Waals surface area (Å²) in [7, 11) is -7.48. The summed E-state index contributed by atoms with van der Waals surface area (Å²) < 4.78 is 62.4. The summed E-state index contributed by atoms with van der Waals surface area (Å²) >= 11 is 0. The Kier molecular flexibility index (Phi) is 6.39. The molecule has 0 amide bonds. The molecule has 1 heterocycles. The summed E-state index contributed by atoms with van der Waals surface area (Å²) in [5.74, 6) is 4.52. The van der Waals surface area contributed by atoms with E-state index in [1.807, 2.05) is 32.1 Å². The Morgan fingerprint density at radius 1 is 0.872 bits per heavy atom. The second kappa shape index (κ2) is 8.93. The van der Waals surface area contributed by atoms with Gasteiger partial charge in [-0.25, -0.2) is 4.21 Å². The molecule has 39 heavy (non-hydrogen) atoms. The maximum Gasteiger partial charge on any atom is 0.269 e. The quantitative estimate of drug-likeness (QED) is 0.393. The van der Waals surface area contributed by atoms with Crippen LogP contribution in [0.4, 0.5) is 0 Å². The van der Waals surface area contributed by atoms with Crippen molar-refractivity contribution in [3.63, 3.8) is 0 Å². The van der Waals surface area contributed by atoms with Crippen molar-refractivity contribution in [3.8, 4) is 11.5 Å². The Balaban J connectivity index is 1.78. The highest BCUT2D eigenvalue weighted by atomic mass is 32.2. The lowest BCUT2D eigenvalue weighted by atomic mass is 9.75. The van der Waals surface area contributed by atoms with Crippen LogP contribution in [0.1, 0.15) is 63.8 Å². The normalized spacial score (nSPS) is 20.3. The van der Waals surface area contributed by atoms with Crippen molar-refractivity contribution in [1.82, 2.24) is 0 Å². The molecule has 1 atom stereocenters. The topological polar surface area (TPSA) is 101 Å². The van der Waals surface area contributed by atoms with Crippen molar-refractivity contribution in [1.29, 1.82) is 0 Å². The van der Waals surface area contributed by atoms with E-state index in [0.717, 1.165) is 56.0 Å². The molecule has 1 aliphatic heterocycles. The van der Waals surface area contributed by atoms with Crippen LogP contribution >= 0.6 is 0 Å². The first-order valence-electron chi connectivity index (χ1n) is 13.0. The van der Waals surface area contributed by atoms with Gasteiger partial charge in [-0.3, -0.25) is 4.55 Å². The van der Waals surface area contributed by atoms with E-state index in [-0.39, 0.29) is 17.1 Å². The molecule has 0 radical (unpaired) electrons. The molecule has 0 bridgehead atoms. The average molecular weight is 569 g/mol. The number of fused-ring (bicyclic) bond motifs is 4. The number of hydrogen-bond acceptors (Lipinski definition) is 4. The molecule has 1 unspecified atom stereocenters. The van der Waals surface area contributed by atoms with Crippen LogP contribution in [-0.4, -0.2) is 39.1 Å². The number of hydrogen-bond donors (Lipinski definition) is 2. The molecule has 2 N–H and O–H groups in total. The molecular formula is C31H36O6S2. The summed E-state index contributed by atoms with van der Waals surface area (Å²) in [4.78, 5) is 0. The number of ether oxygens (including phenoxy) is 1. The van der Waals surface area contributed by atoms with Gasteiger partial charge in [-0.1, -0.05) is 59.8 Å². The Hall–Kier alpha value is -2.65. The van der Waals surface area contributed by atoms with E-state index in [0.29, 0.717) is 11.3 Å². The van der Waals surface area contributed by atoms with Crippen LogP contribution in [0.3, 0.4) is 0 Å². The fourth-order valence-corrected chi connectivity index (χ4v) is 7.63. The summed E-state index contributed by atoms with van der Waals surface area (Å²) in [6.07, 6.45) is 6.83. The summed E-state index contributed by atoms with van der Waals surface area (Å²) in [5.41, 5.74) is 5.50. The summed E-state index contributed by atoms with van der Waals surface area (Å²) in [6.45, 7) is 12.4. The van der Waals surface area contributed by atoms with Gasteiger partial charge in [0.1, 0.15) is 17.3 Å². The van der Waals surface area contributed by atoms with E-state index in [2.05, 4.69) is 57.9 Å². The van der Waals surface area contributed by atoms with E-state index < -0.39 is 31.1 Å². The molecule has 0 saturated carbocycles. The molecule has 0 spiro atoms. The van der Waals surface area contributed by atoms with E-state index >= 15 is 0 Å². The first-order valence-corrected chi connectivity index (χ1v) is 16.5. The van der Waals surface area contributed by atoms with Gasteiger partial charge in [0.15, 0.2) is 0 Å². The minimum absolute atomic E-state index is 0.0282. The highest BCUT2D eigenvalue weighted by Gasteiger charge is 2.31. The minimum Gasteiger partial charge on any atom is -0.456 e. The van der Waals surface area contributed by atoms with E-state index in [4.69, 9.17) is 4.74 Å². The Morgan fingerprint density at radius 2 is 1.54 bits per heavy atom. The van der Waals surface area contributed by atoms with Gasteiger partial charge in [0.2, 0.25) is 0 Å². The van der Waals surface area contributed by atoms with Crippen molar-refractivity contribution in [2.45, 2.75) is 48.0 Å². The first kappa shape index (κ1) is 27.9. The Labute approximate surface area is 231 Å². The smallest absolute Gasteiger partial charge is 0.269 e. The third-order valence-corrected chi connectivity index (χ3v) is 8.87. The van der Waals surface area contributed by atoms with Gasteiger partial charge < -0.3 is 9.29 Å². The van der Waals surface area contributed by atoms with Crippen LogP contribution in [0.2, 0.25) is 0 Å². The molecule has 0 aromatic heterocycles. The first-order chi connectivity index (χ1) is 17.8. The maximum atomic E-state index is 12.3. The minimum atomic E-state index is -4.23. The molecule has 2 aliphatic carbocycles. The van der Waals surface area contributed by atoms with Gasteiger partial charge in [-0.2, -0.15) is 8.42 Å². The molecule has 3 aliphatic rings. The molecule has 0 fully saturated rings. The van der Waals surface area contributed by atoms with Crippen molar-refractivity contribution < 1.29 is 26.5 Å². The second-order valence-corrected chi connectivity index (χ2v) is 16.0. The van der Waals surface area contributed by atoms with Crippen molar-refractivity contribution in [3.05, 3.63) is 69.1 Å². The van der Waals surface area contributed by atoms with Crippen LogP contribution in [0.15, 0.2) is 36.4 Å². The molecule has 0 saturated heterocycles. The number of rotatable bonds is 5. The van der Waals surface area contributed by atoms with Gasteiger partial charge in [0.25, 0.3) is 10.1 Å². The number of allylic oxidation sites excluding steroid dienone is 2. The molecular weight excluding hydrogens is 532 g/mol. The fourth-order valence-electron chi connectivity index (χ4n) is 6.27. The predicted octanol–water partition coefficient (Wildman–Crippen LogP) is 4.89. The van der Waals surface area contributed by atoms with Crippen molar-refractivity contribution >= 4 is 48.6 Å². The SMILES string of the molecule is C=S(=O)(O)CC1=CC(C)(C)Cc2cc3c(cc21)C(C(C)C)=c1cc2c(cc1O3)=CC(C)(C)C=C2CS(=O)(=O)O. The average Bonchev–Trinajstić information content (AvgIpc) is 2.71. The van der Waals surface area contributed by atoms with E-state index in [1.165, 1.54) is 0 Å². The third-order valence-electron chi connectivity index (χ3n) is 7.43. The monoisotopic (exact) mass is 568 g/mol. The van der Waals surface area contributed by atoms with Gasteiger partial charge >= 0.3 is 0 Å². The summed E-state index contributed by atoms with van der Waals surface area (Å²) in [6, 6.07) is 8.07. The lowest BCUT2D eigenvalue weighted by Gasteiger charge is -2.33. The zero-order valence-electron chi connectivity index (χ0n) is 23.3. The van der Waals surface area contributed by atoms with Gasteiger partial charge in [0.05, 0.1) is 15.6 Å². The van der Waals surface area contributed by atoms with Crippen molar-refractivity contribution in [2.24, 2.45) is 16.7 Å². The predicted molar refractivity (Wildman–Crippen MR) is 160 cm³/mol. The molecule has 208 valence electrons. The van der Waals surface area contributed by atoms with Gasteiger partial charge in [0, 0.05) is 16.2 Å². The van der Waals surface area contributed by atoms with Gasteiger partial charge in [-0.05, 0) is 86.5 Å². The lowest BCUT2D eigenvalue weighted by molar-refractivity contribution is 0.456. The molecule has 6 nitrogen and oxygen atoms in total. The van der Waals surface area contributed by atoms with Crippen LogP contribution in [0.25, 0.3) is 22.8 Å². The van der Waals surface area contributed by atoms with Crippen LogP contribution in [0, 0.1) is 16.7 Å². The number of benzene rings is 2. The molecule has 2 aromatic carbocycles. The second-order valence-electron chi connectivity index (χ2n) is 12.7. The molecule has 8 heteroatoms. The zero-order chi connectivity index (χ0) is 28.7. The van der Waals surface area contributed by atoms with Crippen LogP contribution in [-0.2, 0) is 26.3 Å².